The van der Waals surface area contributed by atoms with Crippen LogP contribution in [0, 0.1) is 18.3 Å². The summed E-state index contributed by atoms with van der Waals surface area (Å²) in [7, 11) is 0. The Hall–Kier alpha value is -3.46. The van der Waals surface area contributed by atoms with E-state index in [9.17, 15) is 4.79 Å². The minimum absolute atomic E-state index is 0.227. The number of nitrogens with one attached hydrogen (secondary N) is 1. The Morgan fingerprint density at radius 3 is 2.50 bits per heavy atom. The second-order valence-electron chi connectivity index (χ2n) is 6.29. The summed E-state index contributed by atoms with van der Waals surface area (Å²) in [6.07, 6.45) is 0. The lowest BCUT2D eigenvalue weighted by atomic mass is 10.0. The molecule has 0 bridgehead atoms. The van der Waals surface area contributed by atoms with E-state index in [-0.39, 0.29) is 5.69 Å². The Balaban J connectivity index is 1.86. The molecule has 2 aromatic carbocycles. The van der Waals surface area contributed by atoms with Gasteiger partial charge in [-0.25, -0.2) is 4.68 Å². The standard InChI is InChI=1S/C20H19N5O/c1-13(2)15-8-10-17(11-9-15)25-14(3)19(23-24-25)20(26)22-18-7-5-4-6-16(18)12-21/h4-11,13H,1-3H3,(H,22,26). The molecule has 3 rings (SSSR count). The Labute approximate surface area is 152 Å². The summed E-state index contributed by atoms with van der Waals surface area (Å²) in [6.45, 7) is 6.07. The summed E-state index contributed by atoms with van der Waals surface area (Å²) in [5.41, 5.74) is 3.79. The normalized spacial score (nSPS) is 10.6. The molecule has 3 aromatic rings. The van der Waals surface area contributed by atoms with E-state index in [1.54, 1.807) is 35.9 Å². The maximum atomic E-state index is 12.6. The van der Waals surface area contributed by atoms with Crippen LogP contribution in [0.4, 0.5) is 5.69 Å². The maximum Gasteiger partial charge on any atom is 0.278 e. The summed E-state index contributed by atoms with van der Waals surface area (Å²) in [5.74, 6) is 0.0534. The first-order valence-electron chi connectivity index (χ1n) is 8.34. The average molecular weight is 345 g/mol. The lowest BCUT2D eigenvalue weighted by molar-refractivity contribution is 0.102. The molecule has 1 aromatic heterocycles. The van der Waals surface area contributed by atoms with Crippen molar-refractivity contribution in [2.24, 2.45) is 0 Å². The first-order chi connectivity index (χ1) is 12.5. The van der Waals surface area contributed by atoms with Crippen molar-refractivity contribution in [3.8, 4) is 11.8 Å². The van der Waals surface area contributed by atoms with Gasteiger partial charge >= 0.3 is 0 Å². The molecule has 0 aliphatic carbocycles. The van der Waals surface area contributed by atoms with Crippen LogP contribution in [0.15, 0.2) is 48.5 Å². The third-order valence-electron chi connectivity index (χ3n) is 4.21. The van der Waals surface area contributed by atoms with Crippen LogP contribution in [-0.2, 0) is 0 Å². The van der Waals surface area contributed by atoms with E-state index in [4.69, 9.17) is 5.26 Å². The maximum absolute atomic E-state index is 12.6. The third kappa shape index (κ3) is 3.33. The molecule has 6 heteroatoms. The van der Waals surface area contributed by atoms with Crippen LogP contribution in [0.25, 0.3) is 5.69 Å². The van der Waals surface area contributed by atoms with E-state index in [1.807, 2.05) is 24.3 Å². The Morgan fingerprint density at radius 2 is 1.85 bits per heavy atom. The summed E-state index contributed by atoms with van der Waals surface area (Å²) in [6, 6.07) is 16.9. The van der Waals surface area contributed by atoms with Gasteiger partial charge in [0.05, 0.1) is 22.6 Å². The van der Waals surface area contributed by atoms with Crippen LogP contribution >= 0.6 is 0 Å². The average Bonchev–Trinajstić information content (AvgIpc) is 3.03. The molecule has 1 amide bonds. The van der Waals surface area contributed by atoms with Crippen molar-refractivity contribution in [2.75, 3.05) is 5.32 Å². The van der Waals surface area contributed by atoms with Gasteiger partial charge in [0.15, 0.2) is 5.69 Å². The zero-order valence-corrected chi connectivity index (χ0v) is 14.9. The molecule has 0 atom stereocenters. The molecule has 0 aliphatic heterocycles. The number of anilines is 1. The summed E-state index contributed by atoms with van der Waals surface area (Å²) < 4.78 is 1.63. The van der Waals surface area contributed by atoms with E-state index in [2.05, 4.69) is 35.5 Å². The third-order valence-corrected chi connectivity index (χ3v) is 4.21. The Bertz CT molecular complexity index is 980. The van der Waals surface area contributed by atoms with Gasteiger partial charge in [-0.15, -0.1) is 5.10 Å². The fraction of sp³-hybridized carbons (Fsp3) is 0.200. The molecule has 0 spiro atoms. The number of rotatable bonds is 4. The molecule has 0 saturated heterocycles. The number of para-hydroxylation sites is 1. The van der Waals surface area contributed by atoms with Crippen LogP contribution in [-0.4, -0.2) is 20.9 Å². The Morgan fingerprint density at radius 1 is 1.15 bits per heavy atom. The minimum atomic E-state index is -0.393. The monoisotopic (exact) mass is 345 g/mol. The number of aromatic nitrogens is 3. The number of benzene rings is 2. The van der Waals surface area contributed by atoms with Gasteiger partial charge in [-0.05, 0) is 42.7 Å². The van der Waals surface area contributed by atoms with Gasteiger partial charge in [-0.3, -0.25) is 4.79 Å². The fourth-order valence-corrected chi connectivity index (χ4v) is 2.66. The van der Waals surface area contributed by atoms with Gasteiger partial charge < -0.3 is 5.32 Å². The van der Waals surface area contributed by atoms with E-state index in [0.717, 1.165) is 5.69 Å². The smallest absolute Gasteiger partial charge is 0.278 e. The van der Waals surface area contributed by atoms with Gasteiger partial charge in [-0.2, -0.15) is 5.26 Å². The van der Waals surface area contributed by atoms with Gasteiger partial charge in [-0.1, -0.05) is 43.3 Å². The van der Waals surface area contributed by atoms with Crippen LogP contribution in [0.2, 0.25) is 0 Å². The number of carbonyl (C=O) groups is 1. The molecule has 6 nitrogen and oxygen atoms in total. The molecule has 0 aliphatic rings. The SMILES string of the molecule is Cc1c(C(=O)Nc2ccccc2C#N)nnn1-c1ccc(C(C)C)cc1. The van der Waals surface area contributed by atoms with Crippen molar-refractivity contribution in [3.63, 3.8) is 0 Å². The molecule has 130 valence electrons. The van der Waals surface area contributed by atoms with E-state index < -0.39 is 5.91 Å². The van der Waals surface area contributed by atoms with Crippen molar-refractivity contribution in [2.45, 2.75) is 26.7 Å². The Kier molecular flexibility index (Phi) is 4.81. The first-order valence-corrected chi connectivity index (χ1v) is 8.34. The molecule has 26 heavy (non-hydrogen) atoms. The van der Waals surface area contributed by atoms with E-state index in [0.29, 0.717) is 22.9 Å². The highest BCUT2D eigenvalue weighted by atomic mass is 16.2. The second kappa shape index (κ2) is 7.19. The van der Waals surface area contributed by atoms with Crippen LogP contribution < -0.4 is 5.32 Å². The second-order valence-corrected chi connectivity index (χ2v) is 6.29. The quantitative estimate of drug-likeness (QED) is 0.779. The summed E-state index contributed by atoms with van der Waals surface area (Å²) >= 11 is 0. The number of hydrogen-bond acceptors (Lipinski definition) is 4. The van der Waals surface area contributed by atoms with Gasteiger partial charge in [0, 0.05) is 0 Å². The highest BCUT2D eigenvalue weighted by molar-refractivity contribution is 6.04. The van der Waals surface area contributed by atoms with Crippen LogP contribution in [0.5, 0.6) is 0 Å². The predicted molar refractivity (Wildman–Crippen MR) is 99.3 cm³/mol. The molecular formula is C20H19N5O. The predicted octanol–water partition coefficient (Wildman–Crippen LogP) is 3.82. The van der Waals surface area contributed by atoms with E-state index >= 15 is 0 Å². The number of nitriles is 1. The highest BCUT2D eigenvalue weighted by Gasteiger charge is 2.18. The summed E-state index contributed by atoms with van der Waals surface area (Å²) in [5, 5.41) is 20.0. The number of amides is 1. The molecule has 1 heterocycles. The zero-order chi connectivity index (χ0) is 18.7. The van der Waals surface area contributed by atoms with Gasteiger partial charge in [0.2, 0.25) is 0 Å². The first kappa shape index (κ1) is 17.4. The zero-order valence-electron chi connectivity index (χ0n) is 14.9. The molecule has 0 saturated carbocycles. The molecule has 1 N–H and O–H groups in total. The van der Waals surface area contributed by atoms with Crippen LogP contribution in [0.1, 0.15) is 47.1 Å². The fourth-order valence-electron chi connectivity index (χ4n) is 2.66. The molecule has 0 unspecified atom stereocenters. The molecule has 0 radical (unpaired) electrons. The van der Waals surface area contributed by atoms with Crippen LogP contribution in [0.3, 0.4) is 0 Å². The van der Waals surface area contributed by atoms with Crippen molar-refractivity contribution < 1.29 is 4.79 Å². The topological polar surface area (TPSA) is 83.6 Å². The van der Waals surface area contributed by atoms with Crippen molar-refractivity contribution in [1.82, 2.24) is 15.0 Å². The van der Waals surface area contributed by atoms with Crippen molar-refractivity contribution in [1.29, 1.82) is 5.26 Å². The molecule has 0 fully saturated rings. The van der Waals surface area contributed by atoms with Crippen molar-refractivity contribution in [3.05, 3.63) is 71.0 Å². The number of nitrogens with zero attached hydrogens (tertiary/aromatic N) is 4. The van der Waals surface area contributed by atoms with Gasteiger partial charge in [0.1, 0.15) is 6.07 Å². The van der Waals surface area contributed by atoms with Gasteiger partial charge in [0.25, 0.3) is 5.91 Å². The summed E-state index contributed by atoms with van der Waals surface area (Å²) in [4.78, 5) is 12.6. The largest absolute Gasteiger partial charge is 0.319 e. The van der Waals surface area contributed by atoms with Crippen molar-refractivity contribution >= 4 is 11.6 Å². The number of carbonyl (C=O) groups excluding carboxylic acids is 1. The minimum Gasteiger partial charge on any atom is -0.319 e. The lowest BCUT2D eigenvalue weighted by Gasteiger charge is -2.08. The highest BCUT2D eigenvalue weighted by Crippen LogP contribution is 2.19. The molecular weight excluding hydrogens is 326 g/mol. The number of hydrogen-bond donors (Lipinski definition) is 1. The van der Waals surface area contributed by atoms with E-state index in [1.165, 1.54) is 5.56 Å². The lowest BCUT2D eigenvalue weighted by Crippen LogP contribution is -2.15.